The van der Waals surface area contributed by atoms with Gasteiger partial charge in [0, 0.05) is 27.8 Å². The van der Waals surface area contributed by atoms with Gasteiger partial charge in [0.25, 0.3) is 11.8 Å². The third-order valence-corrected chi connectivity index (χ3v) is 6.78. The van der Waals surface area contributed by atoms with Crippen molar-refractivity contribution < 1.29 is 29.3 Å². The maximum absolute atomic E-state index is 12.4. The van der Waals surface area contributed by atoms with Gasteiger partial charge in [0.2, 0.25) is 0 Å². The van der Waals surface area contributed by atoms with Crippen LogP contribution in [0.4, 0.5) is 11.4 Å². The molecule has 0 spiro atoms. The highest BCUT2D eigenvalue weighted by Gasteiger charge is 2.07. The molecule has 0 saturated carbocycles. The quantitative estimate of drug-likeness (QED) is 0.0690. The van der Waals surface area contributed by atoms with Crippen molar-refractivity contribution in [1.29, 1.82) is 0 Å². The average Bonchev–Trinajstić information content (AvgIpc) is 3.07. The van der Waals surface area contributed by atoms with Crippen LogP contribution in [0.25, 0.3) is 0 Å². The zero-order valence-electron chi connectivity index (χ0n) is 29.5. The summed E-state index contributed by atoms with van der Waals surface area (Å²) < 4.78 is 11.2. The summed E-state index contributed by atoms with van der Waals surface area (Å²) in [7, 11) is 0. The first-order chi connectivity index (χ1) is 23.9. The van der Waals surface area contributed by atoms with E-state index in [0.29, 0.717) is 30.0 Å². The van der Waals surface area contributed by atoms with E-state index in [-0.39, 0.29) is 23.3 Å². The van der Waals surface area contributed by atoms with Crippen LogP contribution in [-0.4, -0.2) is 40.6 Å². The number of halogens is 1. The smallest absolute Gasteiger partial charge is 0.255 e. The number of anilines is 2. The van der Waals surface area contributed by atoms with Gasteiger partial charge in [0.05, 0.1) is 0 Å². The number of carbonyl (C=O) groups is 2. The minimum Gasteiger partial charge on any atom is -0.508 e. The second-order valence-corrected chi connectivity index (χ2v) is 12.3. The van der Waals surface area contributed by atoms with Crippen molar-refractivity contribution in [3.8, 4) is 23.0 Å². The Bertz CT molecular complexity index is 1700. The van der Waals surface area contributed by atoms with E-state index >= 15 is 0 Å². The summed E-state index contributed by atoms with van der Waals surface area (Å²) >= 11 is 3.27. The van der Waals surface area contributed by atoms with E-state index in [4.69, 9.17) is 19.7 Å². The maximum atomic E-state index is 12.4. The molecule has 0 aliphatic rings. The Kier molecular flexibility index (Phi) is 18.3. The number of hydrogen-bond donors (Lipinski definition) is 4. The molecule has 0 saturated heterocycles. The number of phenolic OH excluding ortho intramolecular Hbond substituents is 2. The third-order valence-electron chi connectivity index (χ3n) is 6.45. The van der Waals surface area contributed by atoms with Crippen molar-refractivity contribution in [2.75, 3.05) is 29.2 Å². The molecule has 50 heavy (non-hydrogen) atoms. The monoisotopic (exact) mass is 742 g/mol. The number of phenols is 2. The van der Waals surface area contributed by atoms with Crippen molar-refractivity contribution in [3.63, 3.8) is 0 Å². The second kappa shape index (κ2) is 22.4. The van der Waals surface area contributed by atoms with Crippen LogP contribution >= 0.6 is 15.9 Å². The molecule has 0 heterocycles. The molecule has 0 aliphatic carbocycles. The number of amides is 2. The number of benzene rings is 4. The summed E-state index contributed by atoms with van der Waals surface area (Å²) in [5.41, 5.74) is 6.14. The van der Waals surface area contributed by atoms with Gasteiger partial charge < -0.3 is 30.3 Å². The lowest BCUT2D eigenvalue weighted by Crippen LogP contribution is -2.11. The van der Waals surface area contributed by atoms with Crippen LogP contribution in [0.15, 0.2) is 132 Å². The highest BCUT2D eigenvalue weighted by atomic mass is 79.9. The van der Waals surface area contributed by atoms with E-state index < -0.39 is 0 Å². The summed E-state index contributed by atoms with van der Waals surface area (Å²) in [5, 5.41) is 24.7. The molecule has 0 aliphatic heterocycles. The highest BCUT2D eigenvalue weighted by molar-refractivity contribution is 9.09. The van der Waals surface area contributed by atoms with Crippen molar-refractivity contribution in [1.82, 2.24) is 0 Å². The van der Waals surface area contributed by atoms with E-state index in [9.17, 15) is 9.59 Å². The molecule has 4 aromatic rings. The van der Waals surface area contributed by atoms with Gasteiger partial charge in [0.1, 0.15) is 36.2 Å². The lowest BCUT2D eigenvalue weighted by molar-refractivity contribution is 0.101. The van der Waals surface area contributed by atoms with Gasteiger partial charge in [-0.25, -0.2) is 0 Å². The van der Waals surface area contributed by atoms with Crippen molar-refractivity contribution >= 4 is 39.1 Å². The lowest BCUT2D eigenvalue weighted by Gasteiger charge is -2.08. The zero-order chi connectivity index (χ0) is 36.9. The molecule has 4 aromatic carbocycles. The molecule has 0 atom stereocenters. The number of aromatic hydroxyl groups is 2. The third kappa shape index (κ3) is 17.2. The number of allylic oxidation sites excluding steroid dienone is 4. The second-order valence-electron chi connectivity index (χ2n) is 11.7. The number of rotatable bonds is 11. The van der Waals surface area contributed by atoms with Crippen molar-refractivity contribution in [3.05, 3.63) is 143 Å². The molecule has 0 radical (unpaired) electrons. The largest absolute Gasteiger partial charge is 0.508 e. The fourth-order valence-corrected chi connectivity index (χ4v) is 4.31. The molecule has 4 N–H and O–H groups in total. The van der Waals surface area contributed by atoms with Crippen LogP contribution in [0, 0.1) is 0 Å². The molecule has 8 nitrogen and oxygen atoms in total. The first kappa shape index (κ1) is 40.9. The number of nitrogens with one attached hydrogen (secondary N) is 2. The Labute approximate surface area is 304 Å². The fourth-order valence-electron chi connectivity index (χ4n) is 3.66. The SMILES string of the molecule is CC(C)=CCBr.CC(C)=CCOc1ccc(NC(=O)c2ccc(OCC=C(C)C)cc2)cc1.O=C(Nc1ccc(O)cc1)c1ccc(O)cc1. The first-order valence-corrected chi connectivity index (χ1v) is 17.1. The molecular formula is C41H47BrN2O6. The van der Waals surface area contributed by atoms with E-state index in [1.807, 2.05) is 64.1 Å². The Morgan fingerprint density at radius 3 is 1.20 bits per heavy atom. The molecule has 0 fully saturated rings. The Morgan fingerprint density at radius 2 is 0.860 bits per heavy atom. The normalized spacial score (nSPS) is 9.66. The Morgan fingerprint density at radius 1 is 0.540 bits per heavy atom. The van der Waals surface area contributed by atoms with Gasteiger partial charge >= 0.3 is 0 Å². The number of carbonyl (C=O) groups excluding carboxylic acids is 2. The molecule has 0 aromatic heterocycles. The summed E-state index contributed by atoms with van der Waals surface area (Å²) in [4.78, 5) is 24.1. The molecule has 9 heteroatoms. The van der Waals surface area contributed by atoms with Gasteiger partial charge in [-0.1, -0.05) is 38.7 Å². The first-order valence-electron chi connectivity index (χ1n) is 16.0. The lowest BCUT2D eigenvalue weighted by atomic mass is 10.2. The Balaban J connectivity index is 0.000000319. The fraction of sp³-hybridized carbons (Fsp3) is 0.220. The number of ether oxygens (including phenoxy) is 2. The molecule has 0 bridgehead atoms. The van der Waals surface area contributed by atoms with Gasteiger partial charge in [-0.15, -0.1) is 0 Å². The minimum atomic E-state index is -0.268. The van der Waals surface area contributed by atoms with Gasteiger partial charge in [-0.2, -0.15) is 0 Å². The molecular weight excluding hydrogens is 696 g/mol. The van der Waals surface area contributed by atoms with Crippen LogP contribution in [0.5, 0.6) is 23.0 Å². The topological polar surface area (TPSA) is 117 Å². The summed E-state index contributed by atoms with van der Waals surface area (Å²) in [5.74, 6) is 1.34. The van der Waals surface area contributed by atoms with Gasteiger partial charge in [-0.05, 0) is 151 Å². The molecule has 264 valence electrons. The molecule has 2 amide bonds. The van der Waals surface area contributed by atoms with Crippen LogP contribution < -0.4 is 20.1 Å². The molecule has 0 unspecified atom stereocenters. The maximum Gasteiger partial charge on any atom is 0.255 e. The van der Waals surface area contributed by atoms with E-state index in [2.05, 4.69) is 46.5 Å². The van der Waals surface area contributed by atoms with Crippen molar-refractivity contribution in [2.24, 2.45) is 0 Å². The van der Waals surface area contributed by atoms with Crippen LogP contribution in [0.2, 0.25) is 0 Å². The average molecular weight is 744 g/mol. The predicted molar refractivity (Wildman–Crippen MR) is 208 cm³/mol. The van der Waals surface area contributed by atoms with Gasteiger partial charge in [0.15, 0.2) is 0 Å². The number of alkyl halides is 1. The van der Waals surface area contributed by atoms with Crippen molar-refractivity contribution in [2.45, 2.75) is 41.5 Å². The number of hydrogen-bond acceptors (Lipinski definition) is 6. The van der Waals surface area contributed by atoms with Crippen LogP contribution in [0.1, 0.15) is 62.3 Å². The summed E-state index contributed by atoms with van der Waals surface area (Å²) in [6.07, 6.45) is 6.15. The predicted octanol–water partition coefficient (Wildman–Crippen LogP) is 10.3. The molecule has 4 rings (SSSR count). The van der Waals surface area contributed by atoms with E-state index in [1.165, 1.54) is 53.1 Å². The van der Waals surface area contributed by atoms with Gasteiger partial charge in [-0.3, -0.25) is 9.59 Å². The Hall–Kier alpha value is -5.28. The van der Waals surface area contributed by atoms with Crippen LogP contribution in [-0.2, 0) is 0 Å². The zero-order valence-corrected chi connectivity index (χ0v) is 31.1. The van der Waals surface area contributed by atoms with E-state index in [1.54, 1.807) is 36.4 Å². The standard InChI is InChI=1S/C23H27NO3.C13H11NO3.C5H9Br/c1-17(2)13-15-26-21-9-5-19(6-10-21)23(25)24-20-7-11-22(12-8-20)27-16-14-18(3)4;15-11-5-1-9(2-6-11)13(17)14-10-3-7-12(16)8-4-10;1-5(2)3-4-6/h5-14H,15-16H2,1-4H3,(H,24,25);1-8,15-16H,(H,14,17);3H,4H2,1-2H3. The van der Waals surface area contributed by atoms with Crippen LogP contribution in [0.3, 0.4) is 0 Å². The highest BCUT2D eigenvalue weighted by Crippen LogP contribution is 2.19. The summed E-state index contributed by atoms with van der Waals surface area (Å²) in [6, 6.07) is 26.6. The van der Waals surface area contributed by atoms with E-state index in [0.717, 1.165) is 22.5 Å². The summed E-state index contributed by atoms with van der Waals surface area (Å²) in [6.45, 7) is 13.3. The minimum absolute atomic E-state index is 0.117.